The summed E-state index contributed by atoms with van der Waals surface area (Å²) in [5, 5.41) is 0. The number of nitrogens with zero attached hydrogens (tertiary/aromatic N) is 3. The summed E-state index contributed by atoms with van der Waals surface area (Å²) in [4.78, 5) is 11.8. The molecule has 0 aliphatic heterocycles. The Morgan fingerprint density at radius 2 is 1.22 bits per heavy atom. The molecule has 0 fully saturated rings. The predicted molar refractivity (Wildman–Crippen MR) is 196 cm³/mol. The Kier molecular flexibility index (Phi) is 8.65. The first-order chi connectivity index (χ1) is 24.8. The van der Waals surface area contributed by atoms with Crippen molar-refractivity contribution in [3.8, 4) is 34.1 Å². The second-order valence-corrected chi connectivity index (χ2v) is 12.1. The van der Waals surface area contributed by atoms with Crippen LogP contribution >= 0.6 is 0 Å². The van der Waals surface area contributed by atoms with Gasteiger partial charge in [0.15, 0.2) is 0 Å². The van der Waals surface area contributed by atoms with Crippen LogP contribution < -0.4 is 9.64 Å². The van der Waals surface area contributed by atoms with Crippen LogP contribution in [0.4, 0.5) is 17.1 Å². The van der Waals surface area contributed by atoms with Crippen molar-refractivity contribution >= 4 is 17.1 Å². The van der Waals surface area contributed by atoms with Crippen LogP contribution in [0.3, 0.4) is 0 Å². The standard InChI is InChI=1S/C45H29N3O2.Pt/c1-3-15-34(16-4-1)48(35-17-5-2-6-18-35)36-25-27-46-42(30-36)32-28-44(49-31-32)50-37-19-13-14-33(29-37)45(43-24-11-12-26-47-43)40-22-9-7-20-38(40)39-21-8-10-23-41(39)45;/h1-27,30-31H;/q-2;+2. The molecule has 1 aliphatic carbocycles. The minimum absolute atomic E-state index is 0. The Morgan fingerprint density at radius 1 is 0.569 bits per heavy atom. The van der Waals surface area contributed by atoms with E-state index in [2.05, 4.69) is 107 Å². The summed E-state index contributed by atoms with van der Waals surface area (Å²) >= 11 is 0. The van der Waals surface area contributed by atoms with Gasteiger partial charge in [-0.3, -0.25) is 4.98 Å². The summed E-state index contributed by atoms with van der Waals surface area (Å²) in [6.45, 7) is 0. The van der Waals surface area contributed by atoms with Crippen LogP contribution in [0.2, 0.25) is 0 Å². The molecule has 8 aromatic rings. The quantitative estimate of drug-likeness (QED) is 0.143. The predicted octanol–water partition coefficient (Wildman–Crippen LogP) is 11.0. The van der Waals surface area contributed by atoms with Crippen molar-refractivity contribution in [1.29, 1.82) is 0 Å². The average molecular weight is 839 g/mol. The van der Waals surface area contributed by atoms with Gasteiger partial charge in [0.2, 0.25) is 5.95 Å². The van der Waals surface area contributed by atoms with E-state index in [4.69, 9.17) is 14.1 Å². The molecule has 6 heteroatoms. The molecule has 5 nitrogen and oxygen atoms in total. The molecule has 51 heavy (non-hydrogen) atoms. The Morgan fingerprint density at radius 3 is 1.88 bits per heavy atom. The summed E-state index contributed by atoms with van der Waals surface area (Å²) in [5.41, 5.74) is 10.3. The summed E-state index contributed by atoms with van der Waals surface area (Å²) < 4.78 is 12.2. The molecule has 0 N–H and O–H groups in total. The van der Waals surface area contributed by atoms with E-state index in [-0.39, 0.29) is 27.0 Å². The fourth-order valence-corrected chi connectivity index (χ4v) is 7.11. The Balaban J connectivity index is 0.00000374. The zero-order valence-electron chi connectivity index (χ0n) is 27.2. The topological polar surface area (TPSA) is 51.4 Å². The van der Waals surface area contributed by atoms with Crippen LogP contribution in [-0.4, -0.2) is 9.97 Å². The van der Waals surface area contributed by atoms with Gasteiger partial charge in [0.1, 0.15) is 0 Å². The van der Waals surface area contributed by atoms with Crippen molar-refractivity contribution in [3.05, 3.63) is 211 Å². The van der Waals surface area contributed by atoms with Gasteiger partial charge >= 0.3 is 21.1 Å². The van der Waals surface area contributed by atoms with Crippen molar-refractivity contribution in [2.45, 2.75) is 5.41 Å². The number of furan rings is 1. The van der Waals surface area contributed by atoms with Gasteiger partial charge in [-0.15, -0.1) is 23.3 Å². The molecule has 0 amide bonds. The van der Waals surface area contributed by atoms with E-state index in [1.54, 1.807) is 12.5 Å². The summed E-state index contributed by atoms with van der Waals surface area (Å²) in [5.74, 6) is 0.737. The number of ether oxygens (including phenoxy) is 1. The summed E-state index contributed by atoms with van der Waals surface area (Å²) in [6, 6.07) is 60.6. The molecule has 3 heterocycles. The van der Waals surface area contributed by atoms with Gasteiger partial charge in [-0.2, -0.15) is 12.1 Å². The number of fused-ring (bicyclic) bond motifs is 3. The molecular formula is C45H29N3O2Pt. The Labute approximate surface area is 311 Å². The second kappa shape index (κ2) is 13.7. The smallest absolute Gasteiger partial charge is 0.507 e. The van der Waals surface area contributed by atoms with E-state index < -0.39 is 5.41 Å². The number of anilines is 3. The third-order valence-corrected chi connectivity index (χ3v) is 9.20. The number of benzene rings is 5. The van der Waals surface area contributed by atoms with E-state index in [1.165, 1.54) is 11.1 Å². The number of aromatic nitrogens is 2. The van der Waals surface area contributed by atoms with E-state index in [1.807, 2.05) is 79.0 Å². The van der Waals surface area contributed by atoms with E-state index in [0.717, 1.165) is 39.4 Å². The molecule has 5 aromatic carbocycles. The molecule has 1 aliphatic rings. The van der Waals surface area contributed by atoms with E-state index in [9.17, 15) is 0 Å². The molecule has 0 radical (unpaired) electrons. The Bertz CT molecular complexity index is 2350. The van der Waals surface area contributed by atoms with Gasteiger partial charge in [-0.25, -0.2) is 0 Å². The minimum atomic E-state index is -0.681. The van der Waals surface area contributed by atoms with E-state index >= 15 is 0 Å². The van der Waals surface area contributed by atoms with Gasteiger partial charge in [0.25, 0.3) is 0 Å². The first-order valence-electron chi connectivity index (χ1n) is 16.5. The molecular weight excluding hydrogens is 810 g/mol. The SMILES string of the molecule is [Pt+2].[c-]1c(Oc2[c-]c(-c3cc(N(c4ccccc4)c4ccccc4)ccn3)co2)cccc1C1(c2ccccn2)c2ccccc2-c2ccccc21. The Hall–Kier alpha value is -6.03. The summed E-state index contributed by atoms with van der Waals surface area (Å²) in [7, 11) is 0. The van der Waals surface area contributed by atoms with Gasteiger partial charge in [-0.1, -0.05) is 103 Å². The van der Waals surface area contributed by atoms with Gasteiger partial charge < -0.3 is 19.0 Å². The molecule has 0 spiro atoms. The van der Waals surface area contributed by atoms with Crippen LogP contribution in [0.25, 0.3) is 22.4 Å². The monoisotopic (exact) mass is 838 g/mol. The third kappa shape index (κ3) is 5.66. The van der Waals surface area contributed by atoms with Crippen LogP contribution in [-0.2, 0) is 26.5 Å². The van der Waals surface area contributed by atoms with Gasteiger partial charge in [0, 0.05) is 35.2 Å². The fourth-order valence-electron chi connectivity index (χ4n) is 7.11. The molecule has 3 aromatic heterocycles. The van der Waals surface area contributed by atoms with Crippen molar-refractivity contribution in [1.82, 2.24) is 9.97 Å². The normalized spacial score (nSPS) is 12.3. The molecule has 0 bridgehead atoms. The van der Waals surface area contributed by atoms with E-state index in [0.29, 0.717) is 17.0 Å². The largest absolute Gasteiger partial charge is 2.00 e. The second-order valence-electron chi connectivity index (χ2n) is 12.1. The number of pyridine rings is 2. The zero-order chi connectivity index (χ0) is 33.3. The van der Waals surface area contributed by atoms with Gasteiger partial charge in [-0.05, 0) is 76.7 Å². The maximum absolute atomic E-state index is 6.32. The molecule has 0 atom stereocenters. The van der Waals surface area contributed by atoms with Gasteiger partial charge in [0.05, 0.1) is 11.1 Å². The van der Waals surface area contributed by atoms with Crippen LogP contribution in [0.1, 0.15) is 22.4 Å². The van der Waals surface area contributed by atoms with Crippen molar-refractivity contribution in [2.75, 3.05) is 4.90 Å². The van der Waals surface area contributed by atoms with Crippen molar-refractivity contribution < 1.29 is 30.2 Å². The fraction of sp³-hybridized carbons (Fsp3) is 0.0222. The molecule has 0 unspecified atom stereocenters. The third-order valence-electron chi connectivity index (χ3n) is 9.20. The average Bonchev–Trinajstić information content (AvgIpc) is 3.78. The molecule has 246 valence electrons. The number of para-hydroxylation sites is 2. The van der Waals surface area contributed by atoms with Crippen LogP contribution in [0.15, 0.2) is 181 Å². The first kappa shape index (κ1) is 32.2. The van der Waals surface area contributed by atoms with Crippen LogP contribution in [0.5, 0.6) is 11.7 Å². The maximum Gasteiger partial charge on any atom is 2.00 e. The number of hydrogen-bond donors (Lipinski definition) is 0. The zero-order valence-corrected chi connectivity index (χ0v) is 29.5. The van der Waals surface area contributed by atoms with Crippen molar-refractivity contribution in [2.24, 2.45) is 0 Å². The molecule has 0 saturated heterocycles. The number of rotatable bonds is 8. The molecule has 0 saturated carbocycles. The minimum Gasteiger partial charge on any atom is -0.507 e. The maximum atomic E-state index is 6.32. The van der Waals surface area contributed by atoms with Crippen molar-refractivity contribution in [3.63, 3.8) is 0 Å². The molecule has 9 rings (SSSR count). The number of hydrogen-bond acceptors (Lipinski definition) is 5. The summed E-state index contributed by atoms with van der Waals surface area (Å²) in [6.07, 6.45) is 5.28. The first-order valence-corrected chi connectivity index (χ1v) is 16.5. The van der Waals surface area contributed by atoms with Crippen LogP contribution in [0, 0.1) is 12.1 Å².